The third kappa shape index (κ3) is 22.3. The molecule has 0 aromatic heterocycles. The molecule has 0 aromatic rings. The summed E-state index contributed by atoms with van der Waals surface area (Å²) in [6.45, 7) is 25.4. The molecule has 3 fully saturated rings. The Morgan fingerprint density at radius 2 is 0.554 bits per heavy atom. The van der Waals surface area contributed by atoms with Crippen LogP contribution in [0.2, 0.25) is 0 Å². The molecule has 0 aliphatic carbocycles. The van der Waals surface area contributed by atoms with E-state index in [2.05, 4.69) is 0 Å². The van der Waals surface area contributed by atoms with Crippen LogP contribution in [-0.4, -0.2) is 194 Å². The Hall–Kier alpha value is -4.03. The van der Waals surface area contributed by atoms with Gasteiger partial charge < -0.3 is 50.3 Å². The normalized spacial score (nSPS) is 21.5. The molecule has 3 heterocycles. The van der Waals surface area contributed by atoms with E-state index in [9.17, 15) is 49.2 Å². The van der Waals surface area contributed by atoms with E-state index < -0.39 is 50.1 Å². The Labute approximate surface area is 383 Å². The number of carbonyl (C=O) groups is 7. The summed E-state index contributed by atoms with van der Waals surface area (Å²) >= 11 is 0. The van der Waals surface area contributed by atoms with Crippen LogP contribution in [0, 0.1) is 0 Å². The van der Waals surface area contributed by atoms with Gasteiger partial charge in [-0.15, -0.1) is 0 Å². The van der Waals surface area contributed by atoms with Gasteiger partial charge in [-0.3, -0.25) is 43.4 Å². The van der Waals surface area contributed by atoms with Gasteiger partial charge >= 0.3 is 41.8 Å². The first-order valence-corrected chi connectivity index (χ1v) is 21.5. The highest BCUT2D eigenvalue weighted by Crippen LogP contribution is 2.40. The van der Waals surface area contributed by atoms with Gasteiger partial charge in [-0.25, -0.2) is 0 Å². The molecule has 65 heavy (non-hydrogen) atoms. The van der Waals surface area contributed by atoms with Crippen LogP contribution in [0.1, 0.15) is 142 Å². The minimum atomic E-state index is -1.23. The van der Waals surface area contributed by atoms with E-state index in [-0.39, 0.29) is 82.5 Å². The maximum absolute atomic E-state index is 10.9. The lowest BCUT2D eigenvalue weighted by atomic mass is 9.80. The number of carboxylic acids is 4. The van der Waals surface area contributed by atoms with Crippen LogP contribution in [0.5, 0.6) is 0 Å². The van der Waals surface area contributed by atoms with Gasteiger partial charge in [0.2, 0.25) is 0 Å². The van der Waals surface area contributed by atoms with E-state index in [1.807, 2.05) is 83.1 Å². The zero-order chi connectivity index (χ0) is 51.3. The van der Waals surface area contributed by atoms with Gasteiger partial charge in [0.05, 0.1) is 26.2 Å². The third-order valence-corrected chi connectivity index (χ3v) is 11.0. The summed E-state index contributed by atoms with van der Waals surface area (Å²) in [6, 6.07) is 0. The summed E-state index contributed by atoms with van der Waals surface area (Å²) in [5.41, 5.74) is -2.16. The lowest BCUT2D eigenvalue weighted by Gasteiger charge is -2.50. The number of carbonyl (C=O) groups excluding carboxylic acids is 3. The molecule has 7 N–H and O–H groups in total. The van der Waals surface area contributed by atoms with Crippen molar-refractivity contribution in [1.29, 1.82) is 0 Å². The summed E-state index contributed by atoms with van der Waals surface area (Å²) in [5.74, 6) is -5.67. The van der Waals surface area contributed by atoms with Crippen LogP contribution >= 0.6 is 0 Å². The lowest BCUT2D eigenvalue weighted by Crippen LogP contribution is -2.60. The van der Waals surface area contributed by atoms with E-state index in [1.54, 1.807) is 0 Å². The molecule has 0 spiro atoms. The van der Waals surface area contributed by atoms with E-state index in [1.165, 1.54) is 36.0 Å². The van der Waals surface area contributed by atoms with Crippen molar-refractivity contribution in [3.05, 3.63) is 0 Å². The number of piperidine rings is 3. The number of hydroxylamine groups is 6. The van der Waals surface area contributed by atoms with Crippen LogP contribution in [0.25, 0.3) is 0 Å². The van der Waals surface area contributed by atoms with Gasteiger partial charge in [0.15, 0.2) is 0 Å². The summed E-state index contributed by atoms with van der Waals surface area (Å²) in [6.07, 6.45) is 3.65. The largest absolute Gasteiger partial charge is 0.480 e. The number of hydrogen-bond donors (Lipinski definition) is 7. The van der Waals surface area contributed by atoms with Crippen molar-refractivity contribution in [2.24, 2.45) is 0 Å². The van der Waals surface area contributed by atoms with Crippen molar-refractivity contribution in [2.45, 2.75) is 194 Å². The van der Waals surface area contributed by atoms with Crippen molar-refractivity contribution >= 4 is 41.8 Å². The molecule has 0 amide bonds. The molecule has 0 unspecified atom stereocenters. The molecule has 22 heteroatoms. The maximum atomic E-state index is 10.9. The van der Waals surface area contributed by atoms with Crippen molar-refractivity contribution in [3.63, 3.8) is 0 Å². The first-order chi connectivity index (χ1) is 29.1. The van der Waals surface area contributed by atoms with Crippen molar-refractivity contribution < 1.29 is 83.8 Å². The average molecular weight is 938 g/mol. The van der Waals surface area contributed by atoms with Gasteiger partial charge in [0, 0.05) is 106 Å². The quantitative estimate of drug-likeness (QED) is 0.0962. The molecule has 3 aliphatic heterocycles. The number of hydrogen-bond acceptors (Lipinski definition) is 18. The first kappa shape index (κ1) is 61.0. The minimum absolute atomic E-state index is 0.0703. The summed E-state index contributed by atoms with van der Waals surface area (Å²) in [5, 5.41) is 68.6. The van der Waals surface area contributed by atoms with Gasteiger partial charge in [0.1, 0.15) is 18.3 Å². The molecule has 3 rings (SSSR count). The molecule has 3 aliphatic rings. The molecule has 378 valence electrons. The molecule has 3 saturated heterocycles. The Bertz CT molecular complexity index is 1380. The Kier molecular flexibility index (Phi) is 23.1. The Morgan fingerprint density at radius 3 is 0.677 bits per heavy atom. The number of rotatable bonds is 14. The van der Waals surface area contributed by atoms with Crippen LogP contribution in [-0.2, 0) is 47.8 Å². The van der Waals surface area contributed by atoms with Gasteiger partial charge in [-0.1, -0.05) is 0 Å². The van der Waals surface area contributed by atoms with Crippen LogP contribution in [0.15, 0.2) is 0 Å². The second kappa shape index (κ2) is 24.7. The fraction of sp³-hybridized carbons (Fsp3) is 0.837. The highest BCUT2D eigenvalue weighted by molar-refractivity contribution is 5.73. The minimum Gasteiger partial charge on any atom is -0.480 e. The number of esters is 3. The molecular weight excluding hydrogens is 858 g/mol. The second-order valence-corrected chi connectivity index (χ2v) is 20.7. The van der Waals surface area contributed by atoms with Gasteiger partial charge in [-0.05, 0) is 83.1 Å². The zero-order valence-electron chi connectivity index (χ0n) is 41.2. The molecule has 0 aromatic carbocycles. The second-order valence-electron chi connectivity index (χ2n) is 20.7. The summed E-state index contributed by atoms with van der Waals surface area (Å²) in [4.78, 5) is 77.1. The molecular formula is C43H79N5O17. The lowest BCUT2D eigenvalue weighted by molar-refractivity contribution is -0.259. The van der Waals surface area contributed by atoms with Crippen molar-refractivity contribution in [3.8, 4) is 0 Å². The number of carboxylic acid groups (broad SMARTS) is 4. The van der Waals surface area contributed by atoms with E-state index in [4.69, 9.17) is 34.6 Å². The van der Waals surface area contributed by atoms with Crippen LogP contribution in [0.4, 0.5) is 0 Å². The topological polar surface area (TPSA) is 305 Å². The van der Waals surface area contributed by atoms with Crippen molar-refractivity contribution in [1.82, 2.24) is 25.0 Å². The van der Waals surface area contributed by atoms with Crippen molar-refractivity contribution in [2.75, 3.05) is 39.3 Å². The Morgan fingerprint density at radius 1 is 0.400 bits per heavy atom. The highest BCUT2D eigenvalue weighted by Gasteiger charge is 2.48. The smallest absolute Gasteiger partial charge is 0.317 e. The van der Waals surface area contributed by atoms with Crippen LogP contribution < -0.4 is 0 Å². The average Bonchev–Trinajstić information content (AvgIpc) is 3.05. The fourth-order valence-corrected chi connectivity index (χ4v) is 8.97. The molecule has 0 saturated carbocycles. The number of ether oxygens (including phenoxy) is 3. The predicted octanol–water partition coefficient (Wildman–Crippen LogP) is 3.81. The molecule has 22 nitrogen and oxygen atoms in total. The van der Waals surface area contributed by atoms with E-state index >= 15 is 0 Å². The number of aliphatic carboxylic acids is 4. The van der Waals surface area contributed by atoms with Gasteiger partial charge in [0.25, 0.3) is 0 Å². The first-order valence-electron chi connectivity index (χ1n) is 21.5. The Balaban J connectivity index is 0.000000846. The monoisotopic (exact) mass is 938 g/mol. The maximum Gasteiger partial charge on any atom is 0.317 e. The SMILES string of the molecule is CC(=O)OC1CC(C)(C)N(O)C(C)(C)C1.CC(=O)OC1CC(C)(C)N(O)C(C)(C)C1.CC(=O)OC1CC(C)(C)N(O)C(C)(C)C1.O=C(O)CN(CCN(CC(=O)O)CC(=O)O)CC(=O)O. The third-order valence-electron chi connectivity index (χ3n) is 11.0. The zero-order valence-corrected chi connectivity index (χ0v) is 41.2. The van der Waals surface area contributed by atoms with Gasteiger partial charge in [-0.2, -0.15) is 15.2 Å². The summed E-state index contributed by atoms with van der Waals surface area (Å²) < 4.78 is 15.7. The van der Waals surface area contributed by atoms with E-state index in [0.29, 0.717) is 38.5 Å². The standard InChI is InChI=1S/3C11H21NO3.C10H16N2O8/c3*1-8(13)15-9-6-10(2,3)12(14)11(4,5)7-9;13-7(14)3-11(4-8(15)16)1-2-12(5-9(17)18)6-10(19)20/h3*9,14H,6-7H2,1-5H3;1-6H2,(H,13,14)(H,15,16)(H,17,18)(H,19,20). The number of nitrogens with zero attached hydrogens (tertiary/aromatic N) is 5. The molecule has 0 atom stereocenters. The summed E-state index contributed by atoms with van der Waals surface area (Å²) in [7, 11) is 0. The fourth-order valence-electron chi connectivity index (χ4n) is 8.97. The highest BCUT2D eigenvalue weighted by atomic mass is 16.6. The molecule has 0 bridgehead atoms. The van der Waals surface area contributed by atoms with Crippen LogP contribution in [0.3, 0.4) is 0 Å². The predicted molar refractivity (Wildman–Crippen MR) is 233 cm³/mol. The van der Waals surface area contributed by atoms with E-state index in [0.717, 1.165) is 9.80 Å². The molecule has 0 radical (unpaired) electrons.